The summed E-state index contributed by atoms with van der Waals surface area (Å²) in [5.41, 5.74) is 0.781. The molecule has 0 spiro atoms. The van der Waals surface area contributed by atoms with Crippen LogP contribution in [0.25, 0.3) is 0 Å². The molecule has 0 aromatic carbocycles. The molecule has 0 bridgehead atoms. The van der Waals surface area contributed by atoms with Gasteiger partial charge < -0.3 is 9.47 Å². The molecule has 0 aromatic rings. The van der Waals surface area contributed by atoms with Crippen LogP contribution < -0.4 is 0 Å². The average Bonchev–Trinajstić information content (AvgIpc) is 2.54. The number of carbonyl (C=O) groups excluding carboxylic acids is 2. The van der Waals surface area contributed by atoms with E-state index in [0.29, 0.717) is 23.7 Å². The molecule has 0 fully saturated rings. The highest BCUT2D eigenvalue weighted by Gasteiger charge is 2.21. The summed E-state index contributed by atoms with van der Waals surface area (Å²) in [6, 6.07) is 0. The third-order valence-electron chi connectivity index (χ3n) is 3.59. The third kappa shape index (κ3) is 7.95. The first-order chi connectivity index (χ1) is 11.3. The summed E-state index contributed by atoms with van der Waals surface area (Å²) in [6.07, 6.45) is 5.73. The highest BCUT2D eigenvalue weighted by atomic mass is 16.6. The minimum Gasteiger partial charge on any atom is -0.424 e. The Morgan fingerprint density at radius 3 is 2.12 bits per heavy atom. The number of esters is 2. The Labute approximate surface area is 145 Å². The van der Waals surface area contributed by atoms with E-state index in [1.54, 1.807) is 13.8 Å². The van der Waals surface area contributed by atoms with E-state index in [1.165, 1.54) is 0 Å². The predicted octanol–water partition coefficient (Wildman–Crippen LogP) is 5.23. The Balaban J connectivity index is 5.66. The van der Waals surface area contributed by atoms with Gasteiger partial charge in [-0.2, -0.15) is 0 Å². The van der Waals surface area contributed by atoms with Crippen LogP contribution in [0, 0.1) is 5.92 Å². The quantitative estimate of drug-likeness (QED) is 0.225. The average molecular weight is 334 g/mol. The Hall–Kier alpha value is -2.10. The van der Waals surface area contributed by atoms with Crippen molar-refractivity contribution in [2.24, 2.45) is 5.92 Å². The van der Waals surface area contributed by atoms with Gasteiger partial charge in [0.15, 0.2) is 11.5 Å². The minimum atomic E-state index is -0.583. The van der Waals surface area contributed by atoms with Gasteiger partial charge in [0.2, 0.25) is 0 Å². The number of hydrogen-bond acceptors (Lipinski definition) is 4. The zero-order chi connectivity index (χ0) is 18.7. The van der Waals surface area contributed by atoms with E-state index in [1.807, 2.05) is 0 Å². The SMILES string of the molecule is C=CC(=O)O/C(CC(CC)CCCC)=C(/OC(=O)C(=C)C)C(=C)C. The van der Waals surface area contributed by atoms with Gasteiger partial charge in [-0.3, -0.25) is 0 Å². The van der Waals surface area contributed by atoms with E-state index < -0.39 is 11.9 Å². The van der Waals surface area contributed by atoms with E-state index in [-0.39, 0.29) is 11.3 Å². The summed E-state index contributed by atoms with van der Waals surface area (Å²) >= 11 is 0. The fraction of sp³-hybridized carbons (Fsp3) is 0.500. The van der Waals surface area contributed by atoms with Crippen molar-refractivity contribution < 1.29 is 19.1 Å². The molecular formula is C20H30O4. The van der Waals surface area contributed by atoms with E-state index in [9.17, 15) is 9.59 Å². The summed E-state index contributed by atoms with van der Waals surface area (Å²) in [6.45, 7) is 18.3. The lowest BCUT2D eigenvalue weighted by atomic mass is 9.94. The Morgan fingerprint density at radius 1 is 1.08 bits per heavy atom. The Bertz CT molecular complexity index is 526. The van der Waals surface area contributed by atoms with Crippen LogP contribution in [-0.2, 0) is 19.1 Å². The lowest BCUT2D eigenvalue weighted by Gasteiger charge is -2.19. The molecule has 0 rings (SSSR count). The molecule has 24 heavy (non-hydrogen) atoms. The second-order valence-corrected chi connectivity index (χ2v) is 5.95. The smallest absolute Gasteiger partial charge is 0.338 e. The molecule has 4 nitrogen and oxygen atoms in total. The van der Waals surface area contributed by atoms with Crippen LogP contribution in [0.1, 0.15) is 59.8 Å². The second kappa shape index (κ2) is 11.4. The van der Waals surface area contributed by atoms with Gasteiger partial charge in [-0.15, -0.1) is 0 Å². The summed E-state index contributed by atoms with van der Waals surface area (Å²) in [7, 11) is 0. The molecule has 0 aliphatic rings. The van der Waals surface area contributed by atoms with E-state index in [4.69, 9.17) is 9.47 Å². The first-order valence-electron chi connectivity index (χ1n) is 8.37. The molecule has 0 aromatic heterocycles. The first-order valence-corrected chi connectivity index (χ1v) is 8.37. The zero-order valence-corrected chi connectivity index (χ0v) is 15.4. The van der Waals surface area contributed by atoms with Crippen molar-refractivity contribution in [3.8, 4) is 0 Å². The number of allylic oxidation sites excluding steroid dienone is 2. The molecule has 0 radical (unpaired) electrons. The maximum absolute atomic E-state index is 11.9. The Kier molecular flexibility index (Phi) is 10.4. The predicted molar refractivity (Wildman–Crippen MR) is 97.0 cm³/mol. The molecule has 0 saturated heterocycles. The van der Waals surface area contributed by atoms with Gasteiger partial charge in [0.1, 0.15) is 0 Å². The highest BCUT2D eigenvalue weighted by Crippen LogP contribution is 2.27. The van der Waals surface area contributed by atoms with Gasteiger partial charge in [0, 0.05) is 18.1 Å². The molecule has 0 aliphatic heterocycles. The maximum Gasteiger partial charge on any atom is 0.338 e. The molecule has 0 N–H and O–H groups in total. The lowest BCUT2D eigenvalue weighted by Crippen LogP contribution is -2.14. The van der Waals surface area contributed by atoms with Crippen LogP contribution in [0.2, 0.25) is 0 Å². The summed E-state index contributed by atoms with van der Waals surface area (Å²) in [5, 5.41) is 0. The third-order valence-corrected chi connectivity index (χ3v) is 3.59. The van der Waals surface area contributed by atoms with Crippen LogP contribution >= 0.6 is 0 Å². The molecule has 1 unspecified atom stereocenters. The van der Waals surface area contributed by atoms with Crippen LogP contribution in [0.5, 0.6) is 0 Å². The first kappa shape index (κ1) is 21.9. The van der Waals surface area contributed by atoms with Gasteiger partial charge in [0.05, 0.1) is 0 Å². The van der Waals surface area contributed by atoms with Gasteiger partial charge in [-0.1, -0.05) is 59.3 Å². The number of unbranched alkanes of at least 4 members (excludes halogenated alkanes) is 1. The van der Waals surface area contributed by atoms with Crippen molar-refractivity contribution in [3.63, 3.8) is 0 Å². The maximum atomic E-state index is 11.9. The number of rotatable bonds is 11. The molecular weight excluding hydrogens is 304 g/mol. The normalized spacial score (nSPS) is 12.7. The fourth-order valence-corrected chi connectivity index (χ4v) is 2.11. The van der Waals surface area contributed by atoms with Crippen molar-refractivity contribution in [2.45, 2.75) is 59.8 Å². The standard InChI is InChI=1S/C20H30O4/c1-8-11-12-16(9-2)13-17(23-18(21)10-3)19(14(4)5)24-20(22)15(6)7/h10,16H,3-4,6,8-9,11-13H2,1-2,5,7H3/b19-17+. The molecule has 0 heterocycles. The summed E-state index contributed by atoms with van der Waals surface area (Å²) < 4.78 is 10.7. The molecule has 0 amide bonds. The molecule has 0 saturated carbocycles. The fourth-order valence-electron chi connectivity index (χ4n) is 2.11. The van der Waals surface area contributed by atoms with Crippen LogP contribution in [0.3, 0.4) is 0 Å². The number of carbonyl (C=O) groups is 2. The van der Waals surface area contributed by atoms with Crippen molar-refractivity contribution in [1.29, 1.82) is 0 Å². The number of hydrogen-bond donors (Lipinski definition) is 0. The van der Waals surface area contributed by atoms with Gasteiger partial charge >= 0.3 is 11.9 Å². The van der Waals surface area contributed by atoms with Crippen LogP contribution in [0.15, 0.2) is 48.5 Å². The second-order valence-electron chi connectivity index (χ2n) is 5.95. The van der Waals surface area contributed by atoms with Crippen molar-refractivity contribution in [1.82, 2.24) is 0 Å². The van der Waals surface area contributed by atoms with Crippen LogP contribution in [0.4, 0.5) is 0 Å². The summed E-state index contributed by atoms with van der Waals surface area (Å²) in [5.74, 6) is -0.296. The highest BCUT2D eigenvalue weighted by molar-refractivity contribution is 5.88. The largest absolute Gasteiger partial charge is 0.424 e. The monoisotopic (exact) mass is 334 g/mol. The van der Waals surface area contributed by atoms with Gasteiger partial charge in [-0.25, -0.2) is 9.59 Å². The van der Waals surface area contributed by atoms with Crippen molar-refractivity contribution >= 4 is 11.9 Å². The van der Waals surface area contributed by atoms with Crippen molar-refractivity contribution in [3.05, 3.63) is 48.5 Å². The molecule has 134 valence electrons. The minimum absolute atomic E-state index is 0.202. The summed E-state index contributed by atoms with van der Waals surface area (Å²) in [4.78, 5) is 23.6. The van der Waals surface area contributed by atoms with Gasteiger partial charge in [-0.05, 0) is 25.3 Å². The molecule has 0 aliphatic carbocycles. The van der Waals surface area contributed by atoms with E-state index >= 15 is 0 Å². The van der Waals surface area contributed by atoms with Crippen LogP contribution in [-0.4, -0.2) is 11.9 Å². The van der Waals surface area contributed by atoms with E-state index in [2.05, 4.69) is 33.6 Å². The number of ether oxygens (including phenoxy) is 2. The molecule has 4 heteroatoms. The topological polar surface area (TPSA) is 52.6 Å². The van der Waals surface area contributed by atoms with Gasteiger partial charge in [0.25, 0.3) is 0 Å². The zero-order valence-electron chi connectivity index (χ0n) is 15.4. The molecule has 1 atom stereocenters. The lowest BCUT2D eigenvalue weighted by molar-refractivity contribution is -0.138. The van der Waals surface area contributed by atoms with E-state index in [0.717, 1.165) is 31.8 Å². The Morgan fingerprint density at radius 2 is 1.71 bits per heavy atom. The van der Waals surface area contributed by atoms with Crippen molar-refractivity contribution in [2.75, 3.05) is 0 Å².